The van der Waals surface area contributed by atoms with Gasteiger partial charge in [-0.3, -0.25) is 0 Å². The van der Waals surface area contributed by atoms with E-state index in [-0.39, 0.29) is 12.1 Å². The summed E-state index contributed by atoms with van der Waals surface area (Å²) < 4.78 is 0. The van der Waals surface area contributed by atoms with Crippen molar-refractivity contribution in [3.63, 3.8) is 0 Å². The molecule has 2 aromatic heterocycles. The number of aromatic nitrogens is 2. The Labute approximate surface area is 187 Å². The van der Waals surface area contributed by atoms with Gasteiger partial charge in [-0.05, 0) is 47.2 Å². The van der Waals surface area contributed by atoms with Crippen molar-refractivity contribution in [3.05, 3.63) is 106 Å². The minimum absolute atomic E-state index is 0.211. The van der Waals surface area contributed by atoms with Crippen LogP contribution in [0.3, 0.4) is 0 Å². The molecule has 158 valence electrons. The summed E-state index contributed by atoms with van der Waals surface area (Å²) in [5.74, 6) is 0. The zero-order chi connectivity index (χ0) is 21.1. The number of fused-ring (bicyclic) bond motifs is 6. The monoisotopic (exact) mass is 418 g/mol. The van der Waals surface area contributed by atoms with Crippen molar-refractivity contribution < 1.29 is 0 Å². The minimum atomic E-state index is 0.211. The highest BCUT2D eigenvalue weighted by molar-refractivity contribution is 5.86. The molecule has 0 saturated heterocycles. The molecule has 4 N–H and O–H groups in total. The van der Waals surface area contributed by atoms with E-state index < -0.39 is 0 Å². The van der Waals surface area contributed by atoms with Gasteiger partial charge >= 0.3 is 0 Å². The van der Waals surface area contributed by atoms with Crippen molar-refractivity contribution in [1.29, 1.82) is 0 Å². The first-order valence-electron chi connectivity index (χ1n) is 11.6. The van der Waals surface area contributed by atoms with Gasteiger partial charge in [-0.25, -0.2) is 0 Å². The topological polar surface area (TPSA) is 55.6 Å². The summed E-state index contributed by atoms with van der Waals surface area (Å²) in [5, 5.41) is 10.2. The van der Waals surface area contributed by atoms with Crippen molar-refractivity contribution in [2.45, 2.75) is 24.9 Å². The number of hydrogen-bond acceptors (Lipinski definition) is 2. The molecular weight excluding hydrogens is 392 g/mol. The Morgan fingerprint density at radius 1 is 0.531 bits per heavy atom. The van der Waals surface area contributed by atoms with Gasteiger partial charge in [0.25, 0.3) is 0 Å². The maximum atomic E-state index is 3.73. The quantitative estimate of drug-likeness (QED) is 0.322. The average molecular weight is 419 g/mol. The molecule has 0 radical (unpaired) electrons. The fourth-order valence-corrected chi connectivity index (χ4v) is 5.81. The maximum absolute atomic E-state index is 3.73. The molecule has 3 aromatic carbocycles. The molecule has 2 aliphatic rings. The largest absolute Gasteiger partial charge is 0.357 e. The second-order valence-electron chi connectivity index (χ2n) is 9.07. The van der Waals surface area contributed by atoms with Crippen molar-refractivity contribution >= 4 is 21.8 Å². The van der Waals surface area contributed by atoms with E-state index in [9.17, 15) is 0 Å². The lowest BCUT2D eigenvalue weighted by Gasteiger charge is -2.27. The van der Waals surface area contributed by atoms with Gasteiger partial charge in [0.1, 0.15) is 0 Å². The lowest BCUT2D eigenvalue weighted by molar-refractivity contribution is 0.553. The summed E-state index contributed by atoms with van der Waals surface area (Å²) in [5.41, 5.74) is 10.7. The van der Waals surface area contributed by atoms with Crippen LogP contribution in [0.2, 0.25) is 0 Å². The lowest BCUT2D eigenvalue weighted by atomic mass is 9.91. The molecule has 2 atom stereocenters. The molecular formula is C28H26N4. The number of benzene rings is 3. The molecule has 7 rings (SSSR count). The van der Waals surface area contributed by atoms with E-state index in [0.29, 0.717) is 0 Å². The highest BCUT2D eigenvalue weighted by Crippen LogP contribution is 2.36. The average Bonchev–Trinajstić information content (AvgIpc) is 3.42. The van der Waals surface area contributed by atoms with E-state index in [0.717, 1.165) is 25.9 Å². The Kier molecular flexibility index (Phi) is 4.04. The van der Waals surface area contributed by atoms with Gasteiger partial charge in [-0.2, -0.15) is 0 Å². The van der Waals surface area contributed by atoms with Gasteiger partial charge < -0.3 is 20.6 Å². The van der Waals surface area contributed by atoms with E-state index >= 15 is 0 Å². The third-order valence-corrected chi connectivity index (χ3v) is 7.32. The second-order valence-corrected chi connectivity index (χ2v) is 9.07. The predicted octanol–water partition coefficient (Wildman–Crippen LogP) is 5.12. The summed E-state index contributed by atoms with van der Waals surface area (Å²) in [6.07, 6.45) is 2.15. The normalized spacial score (nSPS) is 20.4. The van der Waals surface area contributed by atoms with Crippen molar-refractivity contribution in [1.82, 2.24) is 20.6 Å². The van der Waals surface area contributed by atoms with Gasteiger partial charge in [-0.15, -0.1) is 0 Å². The number of rotatable bonds is 2. The van der Waals surface area contributed by atoms with Gasteiger partial charge in [0.2, 0.25) is 0 Å². The fraction of sp³-hybridized carbons (Fsp3) is 0.214. The molecule has 0 unspecified atom stereocenters. The molecule has 4 nitrogen and oxygen atoms in total. The molecule has 32 heavy (non-hydrogen) atoms. The summed E-state index contributed by atoms with van der Waals surface area (Å²) in [7, 11) is 0. The standard InChI is InChI=1S/C28H26N4/c1-3-7-23-19(5-1)21-13-15-29-25(27(21)31-23)17-9-11-18(12-10-17)26-28-22(14-16-30-26)20-6-2-4-8-24(20)32-28/h1-12,25-26,29-32H,13-16H2/t25-,26-/m1/s1. The molecule has 0 spiro atoms. The SMILES string of the molecule is c1ccc2c3c([nH]c2c1)[C@@H](c1ccc([C@H]2NCCc4c2[nH]c2ccccc42)cc1)NCC3. The van der Waals surface area contributed by atoms with Gasteiger partial charge in [0.15, 0.2) is 0 Å². The van der Waals surface area contributed by atoms with Crippen LogP contribution < -0.4 is 10.6 Å². The molecule has 0 fully saturated rings. The van der Waals surface area contributed by atoms with Crippen molar-refractivity contribution in [2.75, 3.05) is 13.1 Å². The molecule has 4 heteroatoms. The Morgan fingerprint density at radius 2 is 0.969 bits per heavy atom. The lowest BCUT2D eigenvalue weighted by Crippen LogP contribution is -2.31. The van der Waals surface area contributed by atoms with E-state index in [2.05, 4.69) is 93.4 Å². The maximum Gasteiger partial charge on any atom is 0.0732 e. The van der Waals surface area contributed by atoms with Crippen LogP contribution in [0.5, 0.6) is 0 Å². The van der Waals surface area contributed by atoms with Crippen molar-refractivity contribution in [3.8, 4) is 0 Å². The van der Waals surface area contributed by atoms with E-state index in [1.54, 1.807) is 0 Å². The van der Waals surface area contributed by atoms with Crippen LogP contribution in [-0.4, -0.2) is 23.1 Å². The zero-order valence-corrected chi connectivity index (χ0v) is 17.9. The van der Waals surface area contributed by atoms with Gasteiger partial charge in [0.05, 0.1) is 12.1 Å². The summed E-state index contributed by atoms with van der Waals surface area (Å²) in [4.78, 5) is 7.38. The predicted molar refractivity (Wildman–Crippen MR) is 130 cm³/mol. The molecule has 5 aromatic rings. The first kappa shape index (κ1) is 18.3. The van der Waals surface area contributed by atoms with Crippen LogP contribution >= 0.6 is 0 Å². The van der Waals surface area contributed by atoms with Gasteiger partial charge in [0, 0.05) is 46.3 Å². The Balaban J connectivity index is 1.25. The first-order chi connectivity index (χ1) is 15.9. The number of nitrogens with one attached hydrogen (secondary N) is 4. The zero-order valence-electron chi connectivity index (χ0n) is 17.9. The number of H-pyrrole nitrogens is 2. The van der Waals surface area contributed by atoms with Crippen LogP contribution in [0.4, 0.5) is 0 Å². The highest BCUT2D eigenvalue weighted by Gasteiger charge is 2.27. The third kappa shape index (κ3) is 2.70. The highest BCUT2D eigenvalue weighted by atomic mass is 15.0. The first-order valence-corrected chi connectivity index (χ1v) is 11.6. The summed E-state index contributed by atoms with van der Waals surface area (Å²) >= 11 is 0. The fourth-order valence-electron chi connectivity index (χ4n) is 5.81. The summed E-state index contributed by atoms with van der Waals surface area (Å²) in [6, 6.07) is 26.9. The molecule has 4 heterocycles. The van der Waals surface area contributed by atoms with E-state index in [1.807, 2.05) is 0 Å². The Hall–Kier alpha value is -3.34. The second kappa shape index (κ2) is 7.09. The molecule has 0 amide bonds. The molecule has 2 aliphatic heterocycles. The van der Waals surface area contributed by atoms with Crippen molar-refractivity contribution in [2.24, 2.45) is 0 Å². The molecule has 0 saturated carbocycles. The van der Waals surface area contributed by atoms with Crippen LogP contribution in [-0.2, 0) is 12.8 Å². The molecule has 0 bridgehead atoms. The summed E-state index contributed by atoms with van der Waals surface area (Å²) in [6.45, 7) is 2.01. The van der Waals surface area contributed by atoms with Crippen LogP contribution in [0.25, 0.3) is 21.8 Å². The molecule has 0 aliphatic carbocycles. The Bertz CT molecular complexity index is 1330. The van der Waals surface area contributed by atoms with E-state index in [4.69, 9.17) is 0 Å². The number of hydrogen-bond donors (Lipinski definition) is 4. The number of para-hydroxylation sites is 2. The Morgan fingerprint density at radius 3 is 1.44 bits per heavy atom. The van der Waals surface area contributed by atoms with Crippen LogP contribution in [0.15, 0.2) is 72.8 Å². The van der Waals surface area contributed by atoms with E-state index in [1.165, 1.54) is 55.4 Å². The van der Waals surface area contributed by atoms with Crippen LogP contribution in [0.1, 0.15) is 45.7 Å². The van der Waals surface area contributed by atoms with Gasteiger partial charge in [-0.1, -0.05) is 60.7 Å². The third-order valence-electron chi connectivity index (χ3n) is 7.32. The van der Waals surface area contributed by atoms with Crippen LogP contribution in [0, 0.1) is 0 Å². The smallest absolute Gasteiger partial charge is 0.0732 e. The minimum Gasteiger partial charge on any atom is -0.357 e. The number of aromatic amines is 2.